The van der Waals surface area contributed by atoms with Gasteiger partial charge in [-0.2, -0.15) is 11.8 Å². The van der Waals surface area contributed by atoms with E-state index in [4.69, 9.17) is 0 Å². The molecule has 0 aromatic heterocycles. The van der Waals surface area contributed by atoms with Gasteiger partial charge in [0.1, 0.15) is 5.37 Å². The molecular formula is C13H16INO3S2. The number of sulfone groups is 1. The van der Waals surface area contributed by atoms with Crippen LogP contribution in [0.2, 0.25) is 0 Å². The van der Waals surface area contributed by atoms with Gasteiger partial charge in [0.05, 0.1) is 6.54 Å². The lowest BCUT2D eigenvalue weighted by Crippen LogP contribution is -2.48. The number of rotatable bonds is 4. The van der Waals surface area contributed by atoms with Crippen molar-refractivity contribution >= 4 is 50.0 Å². The number of hydrogen-bond acceptors (Lipinski definition) is 5. The molecule has 2 rings (SSSR count). The first kappa shape index (κ1) is 16.3. The van der Waals surface area contributed by atoms with E-state index in [0.717, 1.165) is 9.32 Å². The van der Waals surface area contributed by atoms with Gasteiger partial charge in [-0.1, -0.05) is 12.1 Å². The summed E-state index contributed by atoms with van der Waals surface area (Å²) in [7, 11) is -3.16. The highest BCUT2D eigenvalue weighted by atomic mass is 127. The monoisotopic (exact) mass is 425 g/mol. The standard InChI is InChI=1S/C13H16INO3S2/c1-20(17,18)13-9-19-7-6-15(13)8-12(16)10-2-4-11(14)5-3-10/h2-5,13H,6-9H2,1H3. The number of nitrogens with zero attached hydrogens (tertiary/aromatic N) is 1. The van der Waals surface area contributed by atoms with Crippen LogP contribution in [0.5, 0.6) is 0 Å². The van der Waals surface area contributed by atoms with Crippen LogP contribution in [-0.2, 0) is 9.84 Å². The molecule has 1 fully saturated rings. The van der Waals surface area contributed by atoms with Gasteiger partial charge in [0, 0.05) is 33.4 Å². The molecule has 0 radical (unpaired) electrons. The summed E-state index contributed by atoms with van der Waals surface area (Å²) in [4.78, 5) is 14.0. The summed E-state index contributed by atoms with van der Waals surface area (Å²) in [6.07, 6.45) is 1.24. The van der Waals surface area contributed by atoms with Crippen LogP contribution >= 0.6 is 34.4 Å². The number of thioether (sulfide) groups is 1. The number of carbonyl (C=O) groups excluding carboxylic acids is 1. The summed E-state index contributed by atoms with van der Waals surface area (Å²) < 4.78 is 24.7. The van der Waals surface area contributed by atoms with Crippen LogP contribution in [-0.4, -0.2) is 55.3 Å². The Hall–Kier alpha value is -0.120. The average Bonchev–Trinajstić information content (AvgIpc) is 2.38. The van der Waals surface area contributed by atoms with Crippen molar-refractivity contribution in [2.45, 2.75) is 5.37 Å². The van der Waals surface area contributed by atoms with Gasteiger partial charge in [-0.05, 0) is 34.7 Å². The molecule has 1 saturated heterocycles. The van der Waals surface area contributed by atoms with E-state index in [2.05, 4.69) is 22.6 Å². The summed E-state index contributed by atoms with van der Waals surface area (Å²) in [5.41, 5.74) is 0.635. The van der Waals surface area contributed by atoms with Gasteiger partial charge < -0.3 is 0 Å². The van der Waals surface area contributed by atoms with Gasteiger partial charge in [-0.25, -0.2) is 8.42 Å². The highest BCUT2D eigenvalue weighted by molar-refractivity contribution is 14.1. The fourth-order valence-electron chi connectivity index (χ4n) is 2.10. The summed E-state index contributed by atoms with van der Waals surface area (Å²) in [6, 6.07) is 7.35. The molecule has 1 aromatic carbocycles. The molecule has 1 atom stereocenters. The molecule has 0 aliphatic carbocycles. The van der Waals surface area contributed by atoms with Gasteiger partial charge in [0.15, 0.2) is 15.6 Å². The van der Waals surface area contributed by atoms with Crippen LogP contribution in [0.25, 0.3) is 0 Å². The highest BCUT2D eigenvalue weighted by Gasteiger charge is 2.32. The van der Waals surface area contributed by atoms with E-state index in [9.17, 15) is 13.2 Å². The van der Waals surface area contributed by atoms with E-state index >= 15 is 0 Å². The Morgan fingerprint density at radius 2 is 2.05 bits per heavy atom. The second kappa shape index (κ2) is 6.76. The summed E-state index contributed by atoms with van der Waals surface area (Å²) >= 11 is 3.81. The van der Waals surface area contributed by atoms with Crippen molar-refractivity contribution in [1.29, 1.82) is 0 Å². The van der Waals surface area contributed by atoms with Crippen LogP contribution in [0.4, 0.5) is 0 Å². The number of benzene rings is 1. The Balaban J connectivity index is 2.11. The molecule has 0 bridgehead atoms. The van der Waals surface area contributed by atoms with Gasteiger partial charge in [0.2, 0.25) is 0 Å². The lowest BCUT2D eigenvalue weighted by Gasteiger charge is -2.33. The fraction of sp³-hybridized carbons (Fsp3) is 0.462. The molecule has 0 amide bonds. The largest absolute Gasteiger partial charge is 0.293 e. The van der Waals surface area contributed by atoms with E-state index in [1.165, 1.54) is 6.26 Å². The van der Waals surface area contributed by atoms with E-state index < -0.39 is 15.2 Å². The lowest BCUT2D eigenvalue weighted by molar-refractivity contribution is 0.0928. The predicted octanol–water partition coefficient (Wildman–Crippen LogP) is 1.89. The minimum absolute atomic E-state index is 0.0260. The lowest BCUT2D eigenvalue weighted by atomic mass is 10.1. The maximum atomic E-state index is 12.3. The average molecular weight is 425 g/mol. The fourth-order valence-corrected chi connectivity index (χ4v) is 5.40. The van der Waals surface area contributed by atoms with Gasteiger partial charge >= 0.3 is 0 Å². The topological polar surface area (TPSA) is 54.5 Å². The van der Waals surface area contributed by atoms with Crippen molar-refractivity contribution in [3.63, 3.8) is 0 Å². The van der Waals surface area contributed by atoms with Crippen LogP contribution < -0.4 is 0 Å². The zero-order valence-electron chi connectivity index (χ0n) is 11.1. The maximum Gasteiger partial charge on any atom is 0.176 e. The Bertz CT molecular complexity index is 586. The van der Waals surface area contributed by atoms with Crippen LogP contribution in [0.3, 0.4) is 0 Å². The van der Waals surface area contributed by atoms with E-state index in [1.54, 1.807) is 28.8 Å². The second-order valence-corrected chi connectivity index (χ2v) is 9.36. The number of carbonyl (C=O) groups is 1. The zero-order chi connectivity index (χ0) is 14.8. The first-order valence-electron chi connectivity index (χ1n) is 6.17. The Kier molecular flexibility index (Phi) is 5.49. The van der Waals surface area contributed by atoms with Gasteiger partial charge in [-0.15, -0.1) is 0 Å². The first-order valence-corrected chi connectivity index (χ1v) is 10.4. The molecule has 1 unspecified atom stereocenters. The minimum atomic E-state index is -3.16. The molecule has 110 valence electrons. The van der Waals surface area contributed by atoms with E-state index in [0.29, 0.717) is 17.9 Å². The van der Waals surface area contributed by atoms with Crippen molar-refractivity contribution < 1.29 is 13.2 Å². The van der Waals surface area contributed by atoms with E-state index in [1.807, 2.05) is 12.1 Å². The van der Waals surface area contributed by atoms with Crippen molar-refractivity contribution in [1.82, 2.24) is 4.90 Å². The molecule has 1 heterocycles. The molecule has 7 heteroatoms. The minimum Gasteiger partial charge on any atom is -0.293 e. The Morgan fingerprint density at radius 3 is 2.65 bits per heavy atom. The van der Waals surface area contributed by atoms with Crippen molar-refractivity contribution in [3.8, 4) is 0 Å². The molecular weight excluding hydrogens is 409 g/mol. The van der Waals surface area contributed by atoms with Crippen LogP contribution in [0.1, 0.15) is 10.4 Å². The SMILES string of the molecule is CS(=O)(=O)C1CSCCN1CC(=O)c1ccc(I)cc1. The molecule has 1 aliphatic heterocycles. The van der Waals surface area contributed by atoms with Gasteiger partial charge in [-0.3, -0.25) is 9.69 Å². The summed E-state index contributed by atoms with van der Waals surface area (Å²) in [5.74, 6) is 1.38. The summed E-state index contributed by atoms with van der Waals surface area (Å²) in [5, 5.41) is -0.547. The molecule has 0 N–H and O–H groups in total. The third kappa shape index (κ3) is 4.19. The predicted molar refractivity (Wildman–Crippen MR) is 91.0 cm³/mol. The number of hydrogen-bond donors (Lipinski definition) is 0. The van der Waals surface area contributed by atoms with Crippen molar-refractivity contribution in [3.05, 3.63) is 33.4 Å². The van der Waals surface area contributed by atoms with Crippen molar-refractivity contribution in [2.75, 3.05) is 30.9 Å². The Morgan fingerprint density at radius 1 is 1.40 bits per heavy atom. The zero-order valence-corrected chi connectivity index (χ0v) is 14.9. The van der Waals surface area contributed by atoms with Crippen LogP contribution in [0, 0.1) is 3.57 Å². The molecule has 4 nitrogen and oxygen atoms in total. The molecule has 0 spiro atoms. The number of ketones is 1. The third-order valence-corrected chi connectivity index (χ3v) is 6.60. The quantitative estimate of drug-likeness (QED) is 0.545. The van der Waals surface area contributed by atoms with Crippen LogP contribution in [0.15, 0.2) is 24.3 Å². The smallest absolute Gasteiger partial charge is 0.176 e. The van der Waals surface area contributed by atoms with Gasteiger partial charge in [0.25, 0.3) is 0 Å². The first-order chi connectivity index (χ1) is 9.38. The second-order valence-electron chi connectivity index (χ2n) is 4.76. The molecule has 1 aliphatic rings. The maximum absolute atomic E-state index is 12.3. The molecule has 20 heavy (non-hydrogen) atoms. The van der Waals surface area contributed by atoms with Crippen molar-refractivity contribution in [2.24, 2.45) is 0 Å². The third-order valence-electron chi connectivity index (χ3n) is 3.20. The summed E-state index contributed by atoms with van der Waals surface area (Å²) in [6.45, 7) is 0.803. The van der Waals surface area contributed by atoms with E-state index in [-0.39, 0.29) is 12.3 Å². The molecule has 0 saturated carbocycles. The normalized spacial score (nSPS) is 20.8. The Labute approximate surface area is 137 Å². The highest BCUT2D eigenvalue weighted by Crippen LogP contribution is 2.20. The molecule has 1 aromatic rings. The number of Topliss-reactive ketones (excluding diaryl/α,β-unsaturated/α-hetero) is 1. The number of halogens is 1.